The molecule has 0 amide bonds. The molecule has 1 aliphatic carbocycles. The average molecular weight is 304 g/mol. The first-order chi connectivity index (χ1) is 6.67. The first-order valence-electron chi connectivity index (χ1n) is 4.84. The van der Waals surface area contributed by atoms with Crippen LogP contribution in [0.3, 0.4) is 0 Å². The van der Waals surface area contributed by atoms with Gasteiger partial charge in [-0.15, -0.1) is 0 Å². The van der Waals surface area contributed by atoms with E-state index < -0.39 is 0 Å². The van der Waals surface area contributed by atoms with Gasteiger partial charge in [-0.25, -0.2) is 0 Å². The van der Waals surface area contributed by atoms with Crippen LogP contribution in [0.4, 0.5) is 0 Å². The van der Waals surface area contributed by atoms with E-state index in [2.05, 4.69) is 24.0 Å². The number of allylic oxidation sites excluding steroid dienone is 5. The molecule has 2 unspecified atom stereocenters. The maximum atomic E-state index is 10.6. The van der Waals surface area contributed by atoms with Crippen LogP contribution in [0.5, 0.6) is 0 Å². The van der Waals surface area contributed by atoms with Crippen LogP contribution in [-0.2, 0) is 4.79 Å². The molecule has 14 heavy (non-hydrogen) atoms. The predicted octanol–water partition coefficient (Wildman–Crippen LogP) is 2.83. The molecule has 2 atom stereocenters. The van der Waals surface area contributed by atoms with Gasteiger partial charge >= 0.3 is 96.2 Å². The third-order valence-corrected chi connectivity index (χ3v) is 5.25. The first kappa shape index (κ1) is 11.8. The van der Waals surface area contributed by atoms with Crippen molar-refractivity contribution in [3.8, 4) is 0 Å². The Morgan fingerprint density at radius 2 is 2.36 bits per heavy atom. The number of hydrogen-bond donors (Lipinski definition) is 0. The van der Waals surface area contributed by atoms with Crippen molar-refractivity contribution in [1.29, 1.82) is 0 Å². The Balaban J connectivity index is 2.73. The van der Waals surface area contributed by atoms with Crippen molar-refractivity contribution in [2.24, 2.45) is 5.92 Å². The molecule has 0 spiro atoms. The van der Waals surface area contributed by atoms with Crippen molar-refractivity contribution in [2.45, 2.75) is 29.2 Å². The Kier molecular flexibility index (Phi) is 4.69. The van der Waals surface area contributed by atoms with E-state index in [9.17, 15) is 4.79 Å². The Morgan fingerprint density at radius 1 is 1.64 bits per heavy atom. The van der Waals surface area contributed by atoms with Crippen molar-refractivity contribution >= 4 is 26.9 Å². The normalized spacial score (nSPS) is 22.9. The van der Waals surface area contributed by atoms with Crippen LogP contribution in [0.1, 0.15) is 20.3 Å². The van der Waals surface area contributed by atoms with E-state index >= 15 is 0 Å². The SMILES string of the molecule is C[Te]C(C)CC1=CC(=C=O)C(C)C=C1. The molecular formula is C12H16OTe. The fraction of sp³-hybridized carbons (Fsp3) is 0.500. The van der Waals surface area contributed by atoms with E-state index in [1.165, 1.54) is 5.57 Å². The van der Waals surface area contributed by atoms with Crippen LogP contribution in [0.2, 0.25) is 8.94 Å². The van der Waals surface area contributed by atoms with Gasteiger partial charge < -0.3 is 0 Å². The Morgan fingerprint density at radius 3 is 2.93 bits per heavy atom. The van der Waals surface area contributed by atoms with E-state index in [0.717, 1.165) is 16.0 Å². The van der Waals surface area contributed by atoms with E-state index in [4.69, 9.17) is 0 Å². The molecule has 0 aromatic rings. The molecule has 0 radical (unpaired) electrons. The van der Waals surface area contributed by atoms with Crippen LogP contribution in [0, 0.1) is 5.92 Å². The molecule has 0 bridgehead atoms. The van der Waals surface area contributed by atoms with Crippen LogP contribution in [0.25, 0.3) is 0 Å². The summed E-state index contributed by atoms with van der Waals surface area (Å²) in [6, 6.07) is 0. The quantitative estimate of drug-likeness (QED) is 0.579. The van der Waals surface area contributed by atoms with Crippen LogP contribution >= 0.6 is 0 Å². The minimum atomic E-state index is 0.145. The van der Waals surface area contributed by atoms with E-state index in [0.29, 0.717) is 0 Å². The van der Waals surface area contributed by atoms with Crippen LogP contribution < -0.4 is 0 Å². The predicted molar refractivity (Wildman–Crippen MR) is 61.3 cm³/mol. The third kappa shape index (κ3) is 3.14. The summed E-state index contributed by atoms with van der Waals surface area (Å²) in [6.45, 7) is 4.32. The van der Waals surface area contributed by atoms with Gasteiger partial charge in [-0.3, -0.25) is 0 Å². The average Bonchev–Trinajstić information content (AvgIpc) is 2.20. The molecule has 0 aliphatic heterocycles. The van der Waals surface area contributed by atoms with Gasteiger partial charge in [0.25, 0.3) is 0 Å². The Bertz CT molecular complexity index is 308. The number of carbonyl (C=O) groups excluding carboxylic acids is 1. The van der Waals surface area contributed by atoms with Crippen molar-refractivity contribution in [1.82, 2.24) is 0 Å². The molecule has 2 heteroatoms. The zero-order chi connectivity index (χ0) is 10.6. The van der Waals surface area contributed by atoms with Crippen molar-refractivity contribution in [2.75, 3.05) is 0 Å². The molecule has 0 N–H and O–H groups in total. The van der Waals surface area contributed by atoms with Gasteiger partial charge in [-0.05, 0) is 0 Å². The Labute approximate surface area is 96.0 Å². The van der Waals surface area contributed by atoms with Gasteiger partial charge in [-0.2, -0.15) is 0 Å². The van der Waals surface area contributed by atoms with Gasteiger partial charge in [0.2, 0.25) is 0 Å². The molecule has 1 aliphatic rings. The fourth-order valence-electron chi connectivity index (χ4n) is 1.42. The van der Waals surface area contributed by atoms with Crippen molar-refractivity contribution in [3.63, 3.8) is 0 Å². The second-order valence-corrected chi connectivity index (χ2v) is 7.32. The summed E-state index contributed by atoms with van der Waals surface area (Å²) in [7, 11) is 0. The second kappa shape index (κ2) is 5.56. The van der Waals surface area contributed by atoms with Gasteiger partial charge in [0, 0.05) is 0 Å². The molecule has 0 aromatic heterocycles. The summed E-state index contributed by atoms with van der Waals surface area (Å²) in [5.74, 6) is 2.26. The molecule has 0 fully saturated rings. The zero-order valence-electron chi connectivity index (χ0n) is 8.91. The molecule has 0 saturated heterocycles. The monoisotopic (exact) mass is 306 g/mol. The van der Waals surface area contributed by atoms with E-state index in [1.54, 1.807) is 0 Å². The zero-order valence-corrected chi connectivity index (χ0v) is 11.2. The summed E-state index contributed by atoms with van der Waals surface area (Å²) < 4.78 is 0.817. The third-order valence-electron chi connectivity index (χ3n) is 2.47. The summed E-state index contributed by atoms with van der Waals surface area (Å²) in [6.07, 6.45) is 7.38. The van der Waals surface area contributed by atoms with E-state index in [1.807, 2.05) is 18.9 Å². The second-order valence-electron chi connectivity index (χ2n) is 3.67. The molecule has 1 nitrogen and oxygen atoms in total. The molecule has 0 heterocycles. The molecule has 76 valence electrons. The summed E-state index contributed by atoms with van der Waals surface area (Å²) >= 11 is 0.145. The first-order valence-corrected chi connectivity index (χ1v) is 8.51. The molecule has 0 aromatic carbocycles. The summed E-state index contributed by atoms with van der Waals surface area (Å²) in [4.78, 5) is 13.0. The van der Waals surface area contributed by atoms with Crippen molar-refractivity contribution < 1.29 is 4.79 Å². The standard InChI is InChI=1S/C12H16OTe/c1-9-4-5-11(6-10(2)14-3)7-12(9)8-13/h4-5,7,9-10H,6H2,1-3H3. The van der Waals surface area contributed by atoms with Gasteiger partial charge in [0.1, 0.15) is 0 Å². The summed E-state index contributed by atoms with van der Waals surface area (Å²) in [5, 5.41) is 0. The van der Waals surface area contributed by atoms with Crippen molar-refractivity contribution in [3.05, 3.63) is 29.4 Å². The minimum absolute atomic E-state index is 0.145. The Hall–Kier alpha value is -0.280. The summed E-state index contributed by atoms with van der Waals surface area (Å²) in [5.41, 5.74) is 2.09. The maximum absolute atomic E-state index is 10.6. The topological polar surface area (TPSA) is 17.1 Å². The van der Waals surface area contributed by atoms with E-state index in [-0.39, 0.29) is 26.8 Å². The van der Waals surface area contributed by atoms with Gasteiger partial charge in [0.05, 0.1) is 0 Å². The molecule has 1 rings (SSSR count). The molecule has 0 saturated carbocycles. The number of rotatable bonds is 3. The van der Waals surface area contributed by atoms with Crippen LogP contribution in [-0.4, -0.2) is 26.9 Å². The number of hydrogen-bond acceptors (Lipinski definition) is 1. The van der Waals surface area contributed by atoms with Crippen LogP contribution in [0.15, 0.2) is 29.4 Å². The van der Waals surface area contributed by atoms with Gasteiger partial charge in [-0.1, -0.05) is 0 Å². The molecular weight excluding hydrogens is 288 g/mol. The fourth-order valence-corrected chi connectivity index (χ4v) is 2.44. The van der Waals surface area contributed by atoms with Gasteiger partial charge in [0.15, 0.2) is 0 Å².